The van der Waals surface area contributed by atoms with Crippen molar-refractivity contribution in [2.75, 3.05) is 13.2 Å². The Balaban J connectivity index is 2.30. The number of aliphatic hydroxyl groups is 1. The van der Waals surface area contributed by atoms with Crippen LogP contribution in [0.5, 0.6) is 0 Å². The zero-order valence-electron chi connectivity index (χ0n) is 8.39. The predicted molar refractivity (Wildman–Crippen MR) is 56.7 cm³/mol. The first-order valence-corrected chi connectivity index (χ1v) is 4.85. The number of aliphatic carboxylic acids is 1. The van der Waals surface area contributed by atoms with Crippen molar-refractivity contribution in [1.29, 1.82) is 0 Å². The SMILES string of the molecule is O=C(O)[C@H](CO)NCCc1ccccc1. The lowest BCUT2D eigenvalue weighted by Gasteiger charge is -2.10. The number of benzene rings is 1. The summed E-state index contributed by atoms with van der Waals surface area (Å²) >= 11 is 0. The Morgan fingerprint density at radius 3 is 2.53 bits per heavy atom. The molecule has 4 heteroatoms. The van der Waals surface area contributed by atoms with E-state index in [-0.39, 0.29) is 6.61 Å². The summed E-state index contributed by atoms with van der Waals surface area (Å²) in [6.45, 7) is 0.158. The molecule has 0 aliphatic heterocycles. The van der Waals surface area contributed by atoms with Gasteiger partial charge in [0.15, 0.2) is 0 Å². The Kier molecular flexibility index (Phi) is 4.80. The predicted octanol–water partition coefficient (Wildman–Crippen LogP) is 0.264. The summed E-state index contributed by atoms with van der Waals surface area (Å²) in [5.41, 5.74) is 1.15. The molecule has 0 aromatic heterocycles. The van der Waals surface area contributed by atoms with E-state index in [1.54, 1.807) is 0 Å². The van der Waals surface area contributed by atoms with Crippen molar-refractivity contribution in [3.8, 4) is 0 Å². The van der Waals surface area contributed by atoms with Crippen LogP contribution in [0.25, 0.3) is 0 Å². The summed E-state index contributed by atoms with van der Waals surface area (Å²) < 4.78 is 0. The number of carboxylic acid groups (broad SMARTS) is 1. The fourth-order valence-corrected chi connectivity index (χ4v) is 1.27. The smallest absolute Gasteiger partial charge is 0.323 e. The Morgan fingerprint density at radius 2 is 2.00 bits per heavy atom. The van der Waals surface area contributed by atoms with Crippen LogP contribution in [-0.4, -0.2) is 35.4 Å². The van der Waals surface area contributed by atoms with E-state index >= 15 is 0 Å². The van der Waals surface area contributed by atoms with Gasteiger partial charge in [0.05, 0.1) is 6.61 Å². The van der Waals surface area contributed by atoms with Gasteiger partial charge in [-0.25, -0.2) is 0 Å². The maximum atomic E-state index is 10.6. The number of hydrogen-bond donors (Lipinski definition) is 3. The van der Waals surface area contributed by atoms with Crippen molar-refractivity contribution in [1.82, 2.24) is 5.32 Å². The van der Waals surface area contributed by atoms with Gasteiger partial charge in [0.1, 0.15) is 6.04 Å². The molecule has 0 saturated carbocycles. The van der Waals surface area contributed by atoms with Gasteiger partial charge in [-0.15, -0.1) is 0 Å². The lowest BCUT2D eigenvalue weighted by molar-refractivity contribution is -0.140. The van der Waals surface area contributed by atoms with Crippen LogP contribution < -0.4 is 5.32 Å². The minimum Gasteiger partial charge on any atom is -0.480 e. The number of nitrogens with one attached hydrogen (secondary N) is 1. The Labute approximate surface area is 88.6 Å². The summed E-state index contributed by atoms with van der Waals surface area (Å²) in [5.74, 6) is -1.02. The van der Waals surface area contributed by atoms with Crippen LogP contribution >= 0.6 is 0 Å². The lowest BCUT2D eigenvalue weighted by atomic mass is 10.1. The molecule has 1 aromatic carbocycles. The normalized spacial score (nSPS) is 12.3. The lowest BCUT2D eigenvalue weighted by Crippen LogP contribution is -2.40. The van der Waals surface area contributed by atoms with E-state index in [1.165, 1.54) is 0 Å². The van der Waals surface area contributed by atoms with E-state index in [4.69, 9.17) is 10.2 Å². The number of carboxylic acids is 1. The fourth-order valence-electron chi connectivity index (χ4n) is 1.27. The quantitative estimate of drug-likeness (QED) is 0.628. The van der Waals surface area contributed by atoms with Crippen molar-refractivity contribution < 1.29 is 15.0 Å². The highest BCUT2D eigenvalue weighted by Crippen LogP contribution is 1.98. The monoisotopic (exact) mass is 209 g/mol. The van der Waals surface area contributed by atoms with Crippen molar-refractivity contribution in [3.63, 3.8) is 0 Å². The number of aliphatic hydroxyl groups excluding tert-OH is 1. The van der Waals surface area contributed by atoms with Crippen molar-refractivity contribution in [3.05, 3.63) is 35.9 Å². The third kappa shape index (κ3) is 4.10. The van der Waals surface area contributed by atoms with E-state index in [0.717, 1.165) is 12.0 Å². The first kappa shape index (κ1) is 11.7. The maximum Gasteiger partial charge on any atom is 0.323 e. The molecule has 1 rings (SSSR count). The molecule has 0 unspecified atom stereocenters. The molecule has 3 N–H and O–H groups in total. The molecule has 0 spiro atoms. The van der Waals surface area contributed by atoms with E-state index in [0.29, 0.717) is 6.54 Å². The Bertz CT molecular complexity index is 300. The molecule has 4 nitrogen and oxygen atoms in total. The molecule has 0 amide bonds. The largest absolute Gasteiger partial charge is 0.480 e. The van der Waals surface area contributed by atoms with E-state index in [9.17, 15) is 4.79 Å². The highest BCUT2D eigenvalue weighted by atomic mass is 16.4. The first-order chi connectivity index (χ1) is 7.24. The minimum absolute atomic E-state index is 0.385. The molecule has 0 bridgehead atoms. The second-order valence-corrected chi connectivity index (χ2v) is 3.26. The van der Waals surface area contributed by atoms with Gasteiger partial charge in [0, 0.05) is 6.54 Å². The van der Waals surface area contributed by atoms with Crippen molar-refractivity contribution in [2.24, 2.45) is 0 Å². The van der Waals surface area contributed by atoms with Gasteiger partial charge in [-0.2, -0.15) is 0 Å². The van der Waals surface area contributed by atoms with Gasteiger partial charge < -0.3 is 15.5 Å². The van der Waals surface area contributed by atoms with E-state index < -0.39 is 12.0 Å². The van der Waals surface area contributed by atoms with Crippen LogP contribution in [0.3, 0.4) is 0 Å². The molecule has 0 heterocycles. The van der Waals surface area contributed by atoms with Crippen molar-refractivity contribution >= 4 is 5.97 Å². The van der Waals surface area contributed by atoms with Crippen LogP contribution in [0.4, 0.5) is 0 Å². The standard InChI is InChI=1S/C11H15NO3/c13-8-10(11(14)15)12-7-6-9-4-2-1-3-5-9/h1-5,10,12-13H,6-8H2,(H,14,15)/t10-/m0/s1. The van der Waals surface area contributed by atoms with Crippen LogP contribution in [0.2, 0.25) is 0 Å². The average Bonchev–Trinajstić information content (AvgIpc) is 2.25. The third-order valence-electron chi connectivity index (χ3n) is 2.13. The average molecular weight is 209 g/mol. The molecular formula is C11H15NO3. The van der Waals surface area contributed by atoms with Crippen LogP contribution in [-0.2, 0) is 11.2 Å². The van der Waals surface area contributed by atoms with E-state index in [2.05, 4.69) is 5.32 Å². The molecule has 82 valence electrons. The summed E-state index contributed by atoms with van der Waals surface area (Å²) in [6.07, 6.45) is 0.755. The summed E-state index contributed by atoms with van der Waals surface area (Å²) in [6, 6.07) is 8.91. The molecule has 0 fully saturated rings. The molecule has 15 heavy (non-hydrogen) atoms. The molecule has 0 radical (unpaired) electrons. The number of rotatable bonds is 6. The van der Waals surface area contributed by atoms with Gasteiger partial charge >= 0.3 is 5.97 Å². The zero-order valence-corrected chi connectivity index (χ0v) is 8.39. The Hall–Kier alpha value is -1.39. The van der Waals surface area contributed by atoms with Gasteiger partial charge in [-0.1, -0.05) is 30.3 Å². The summed E-state index contributed by atoms with van der Waals surface area (Å²) in [5, 5.41) is 20.2. The van der Waals surface area contributed by atoms with Crippen molar-refractivity contribution in [2.45, 2.75) is 12.5 Å². The van der Waals surface area contributed by atoms with Gasteiger partial charge in [-0.3, -0.25) is 4.79 Å². The molecule has 0 aliphatic carbocycles. The van der Waals surface area contributed by atoms with Crippen LogP contribution in [0.15, 0.2) is 30.3 Å². The topological polar surface area (TPSA) is 69.6 Å². The highest BCUT2D eigenvalue weighted by molar-refractivity contribution is 5.73. The second kappa shape index (κ2) is 6.16. The molecule has 0 saturated heterocycles. The molecular weight excluding hydrogens is 194 g/mol. The number of hydrogen-bond acceptors (Lipinski definition) is 3. The van der Waals surface area contributed by atoms with Gasteiger partial charge in [0.2, 0.25) is 0 Å². The fraction of sp³-hybridized carbons (Fsp3) is 0.364. The summed E-state index contributed by atoms with van der Waals surface area (Å²) in [7, 11) is 0. The number of carbonyl (C=O) groups is 1. The summed E-state index contributed by atoms with van der Waals surface area (Å²) in [4.78, 5) is 10.6. The minimum atomic E-state index is -1.02. The third-order valence-corrected chi connectivity index (χ3v) is 2.13. The van der Waals surface area contributed by atoms with Gasteiger partial charge in [-0.05, 0) is 12.0 Å². The van der Waals surface area contributed by atoms with Crippen LogP contribution in [0.1, 0.15) is 5.56 Å². The Morgan fingerprint density at radius 1 is 1.33 bits per heavy atom. The zero-order chi connectivity index (χ0) is 11.1. The molecule has 1 atom stereocenters. The van der Waals surface area contributed by atoms with E-state index in [1.807, 2.05) is 30.3 Å². The molecule has 1 aromatic rings. The highest BCUT2D eigenvalue weighted by Gasteiger charge is 2.14. The van der Waals surface area contributed by atoms with Crippen LogP contribution in [0, 0.1) is 0 Å². The maximum absolute atomic E-state index is 10.6. The molecule has 0 aliphatic rings. The first-order valence-electron chi connectivity index (χ1n) is 4.85. The second-order valence-electron chi connectivity index (χ2n) is 3.26. The van der Waals surface area contributed by atoms with Gasteiger partial charge in [0.25, 0.3) is 0 Å².